The maximum absolute atomic E-state index is 10.9. The molecule has 0 radical (unpaired) electrons. The largest absolute Gasteiger partial charge is 0.508 e. The summed E-state index contributed by atoms with van der Waals surface area (Å²) >= 11 is 0. The Morgan fingerprint density at radius 2 is 1.10 bits per heavy atom. The van der Waals surface area contributed by atoms with E-state index in [-0.39, 0.29) is 38.6 Å². The van der Waals surface area contributed by atoms with E-state index in [0.29, 0.717) is 11.5 Å². The summed E-state index contributed by atoms with van der Waals surface area (Å²) in [7, 11) is 0. The molecule has 0 N–H and O–H groups in total. The number of carbonyl (C=O) groups excluding carboxylic acids is 2. The number of hydrogen-bond donors (Lipinski definition) is 0. The average Bonchev–Trinajstić information content (AvgIpc) is 3.35. The van der Waals surface area contributed by atoms with Gasteiger partial charge in [-0.05, 0) is 41.8 Å². The van der Waals surface area contributed by atoms with Gasteiger partial charge in [0.1, 0.15) is 37.9 Å². The van der Waals surface area contributed by atoms with Crippen molar-refractivity contribution < 1.29 is 38.0 Å². The third kappa shape index (κ3) is 5.31. The predicted octanol–water partition coefficient (Wildman–Crippen LogP) is 3.11. The third-order valence-corrected chi connectivity index (χ3v) is 4.43. The van der Waals surface area contributed by atoms with Crippen LogP contribution in [0.25, 0.3) is 0 Å². The minimum Gasteiger partial charge on any atom is -0.490 e. The Labute approximate surface area is 167 Å². The van der Waals surface area contributed by atoms with Crippen LogP contribution in [-0.2, 0) is 25.4 Å². The highest BCUT2D eigenvalue weighted by molar-refractivity contribution is 5.62. The lowest BCUT2D eigenvalue weighted by atomic mass is 10.0. The van der Waals surface area contributed by atoms with E-state index < -0.39 is 12.3 Å². The van der Waals surface area contributed by atoms with E-state index >= 15 is 0 Å². The molecule has 2 fully saturated rings. The van der Waals surface area contributed by atoms with Crippen LogP contribution in [0.2, 0.25) is 0 Å². The van der Waals surface area contributed by atoms with Gasteiger partial charge in [0.25, 0.3) is 0 Å². The fraction of sp³-hybridized carbons (Fsp3) is 0.333. The van der Waals surface area contributed by atoms with Gasteiger partial charge >= 0.3 is 12.3 Å². The molecule has 29 heavy (non-hydrogen) atoms. The molecule has 2 aliphatic heterocycles. The van der Waals surface area contributed by atoms with Gasteiger partial charge in [0, 0.05) is 0 Å². The lowest BCUT2D eigenvalue weighted by Crippen LogP contribution is -2.20. The van der Waals surface area contributed by atoms with Crippen LogP contribution in [0.4, 0.5) is 9.59 Å². The molecular formula is C21H20O8. The highest BCUT2D eigenvalue weighted by atomic mass is 16.8. The van der Waals surface area contributed by atoms with Gasteiger partial charge < -0.3 is 28.4 Å². The summed E-state index contributed by atoms with van der Waals surface area (Å²) in [4.78, 5) is 21.8. The molecule has 0 spiro atoms. The van der Waals surface area contributed by atoms with Crippen LogP contribution in [0, 0.1) is 0 Å². The summed E-state index contributed by atoms with van der Waals surface area (Å²) in [6.45, 7) is 0.962. The van der Waals surface area contributed by atoms with Crippen molar-refractivity contribution in [3.63, 3.8) is 0 Å². The second-order valence-electron chi connectivity index (χ2n) is 6.69. The summed E-state index contributed by atoms with van der Waals surface area (Å²) in [5.41, 5.74) is 2.27. The second kappa shape index (κ2) is 8.72. The molecule has 2 atom stereocenters. The summed E-state index contributed by atoms with van der Waals surface area (Å²) < 4.78 is 30.5. The second-order valence-corrected chi connectivity index (χ2v) is 6.69. The van der Waals surface area contributed by atoms with Crippen molar-refractivity contribution in [3.8, 4) is 11.5 Å². The van der Waals surface area contributed by atoms with Crippen LogP contribution in [-0.4, -0.2) is 50.9 Å². The van der Waals surface area contributed by atoms with Gasteiger partial charge in [0.15, 0.2) is 12.2 Å². The van der Waals surface area contributed by atoms with Gasteiger partial charge in [-0.25, -0.2) is 9.59 Å². The van der Waals surface area contributed by atoms with Crippen LogP contribution in [0.15, 0.2) is 48.5 Å². The Bertz CT molecular complexity index is 774. The Balaban J connectivity index is 1.23. The first-order valence-corrected chi connectivity index (χ1v) is 9.24. The van der Waals surface area contributed by atoms with E-state index in [4.69, 9.17) is 28.4 Å². The van der Waals surface area contributed by atoms with Crippen molar-refractivity contribution in [2.24, 2.45) is 0 Å². The van der Waals surface area contributed by atoms with E-state index in [9.17, 15) is 9.59 Å². The minimum atomic E-state index is -0.652. The normalized spacial score (nSPS) is 20.4. The summed E-state index contributed by atoms with van der Waals surface area (Å²) in [6.07, 6.45) is -1.27. The molecule has 152 valence electrons. The quantitative estimate of drug-likeness (QED) is 0.625. The third-order valence-electron chi connectivity index (χ3n) is 4.43. The fourth-order valence-electron chi connectivity index (χ4n) is 2.92. The molecule has 0 saturated carbocycles. The van der Waals surface area contributed by atoms with Crippen LogP contribution in [0.5, 0.6) is 11.5 Å². The Kier molecular flexibility index (Phi) is 5.69. The summed E-state index contributed by atoms with van der Waals surface area (Å²) in [5, 5.41) is 0. The highest BCUT2D eigenvalue weighted by Gasteiger charge is 2.26. The van der Waals surface area contributed by atoms with E-state index in [0.717, 1.165) is 17.5 Å². The molecule has 2 aromatic carbocycles. The van der Waals surface area contributed by atoms with Crippen molar-refractivity contribution in [2.45, 2.75) is 18.6 Å². The topological polar surface area (TPSA) is 89.5 Å². The summed E-state index contributed by atoms with van der Waals surface area (Å²) in [5.74, 6) is 1.41. The molecule has 8 heteroatoms. The fourth-order valence-corrected chi connectivity index (χ4v) is 2.92. The van der Waals surface area contributed by atoms with Gasteiger partial charge in [-0.2, -0.15) is 0 Å². The molecule has 0 bridgehead atoms. The molecule has 2 saturated heterocycles. The minimum absolute atomic E-state index is 0.218. The molecule has 2 aliphatic rings. The molecule has 2 unspecified atom stereocenters. The molecule has 8 nitrogen and oxygen atoms in total. The molecule has 0 amide bonds. The van der Waals surface area contributed by atoms with E-state index in [1.807, 2.05) is 48.5 Å². The first-order chi connectivity index (χ1) is 14.1. The Hall–Kier alpha value is -3.42. The Morgan fingerprint density at radius 3 is 1.45 bits per heavy atom. The lowest BCUT2D eigenvalue weighted by molar-refractivity contribution is 0.0977. The van der Waals surface area contributed by atoms with Crippen molar-refractivity contribution in [1.29, 1.82) is 0 Å². The van der Waals surface area contributed by atoms with Crippen LogP contribution in [0.1, 0.15) is 11.1 Å². The van der Waals surface area contributed by atoms with E-state index in [2.05, 4.69) is 0 Å². The molecule has 0 aromatic heterocycles. The smallest absolute Gasteiger partial charge is 0.490 e. The number of cyclic esters (lactones) is 4. The first kappa shape index (κ1) is 18.9. The summed E-state index contributed by atoms with van der Waals surface area (Å²) in [6, 6.07) is 15.5. The number of hydrogen-bond acceptors (Lipinski definition) is 8. The lowest BCUT2D eigenvalue weighted by Gasteiger charge is -2.11. The SMILES string of the molecule is O=C1OCC(COc2ccc(Cc3ccc(OCC4COC(=O)O4)cc3)cc2)O1. The highest BCUT2D eigenvalue weighted by Crippen LogP contribution is 2.19. The first-order valence-electron chi connectivity index (χ1n) is 9.24. The van der Waals surface area contributed by atoms with Crippen molar-refractivity contribution in [1.82, 2.24) is 0 Å². The van der Waals surface area contributed by atoms with Crippen LogP contribution in [0.3, 0.4) is 0 Å². The Morgan fingerprint density at radius 1 is 0.690 bits per heavy atom. The number of carbonyl (C=O) groups is 2. The van der Waals surface area contributed by atoms with Gasteiger partial charge in [-0.3, -0.25) is 0 Å². The average molecular weight is 400 g/mol. The van der Waals surface area contributed by atoms with Gasteiger partial charge in [-0.1, -0.05) is 24.3 Å². The van der Waals surface area contributed by atoms with Gasteiger partial charge in [0.05, 0.1) is 0 Å². The van der Waals surface area contributed by atoms with E-state index in [1.54, 1.807) is 0 Å². The zero-order valence-corrected chi connectivity index (χ0v) is 15.6. The number of ether oxygens (including phenoxy) is 6. The maximum Gasteiger partial charge on any atom is 0.508 e. The zero-order valence-electron chi connectivity index (χ0n) is 15.6. The molecular weight excluding hydrogens is 380 g/mol. The monoisotopic (exact) mass is 400 g/mol. The zero-order chi connectivity index (χ0) is 20.1. The van der Waals surface area contributed by atoms with Crippen molar-refractivity contribution >= 4 is 12.3 Å². The number of benzene rings is 2. The molecule has 2 aromatic rings. The van der Waals surface area contributed by atoms with Crippen molar-refractivity contribution in [3.05, 3.63) is 59.7 Å². The van der Waals surface area contributed by atoms with Crippen LogP contribution < -0.4 is 9.47 Å². The van der Waals surface area contributed by atoms with E-state index in [1.165, 1.54) is 0 Å². The van der Waals surface area contributed by atoms with Crippen LogP contribution >= 0.6 is 0 Å². The molecule has 2 heterocycles. The predicted molar refractivity (Wildman–Crippen MR) is 99.1 cm³/mol. The van der Waals surface area contributed by atoms with Gasteiger partial charge in [-0.15, -0.1) is 0 Å². The van der Waals surface area contributed by atoms with Crippen molar-refractivity contribution in [2.75, 3.05) is 26.4 Å². The van der Waals surface area contributed by atoms with Gasteiger partial charge in [0.2, 0.25) is 0 Å². The molecule has 0 aliphatic carbocycles. The standard InChI is InChI=1S/C21H20O8/c22-20-26-12-18(28-20)10-24-16-5-1-14(2-6-16)9-15-3-7-17(8-4-15)25-11-19-13-27-21(23)29-19/h1-8,18-19H,9-13H2. The maximum atomic E-state index is 10.9. The number of rotatable bonds is 8. The molecule has 4 rings (SSSR count).